The SMILES string of the molecule is Cc1ccccc1N1CCN(C(=O)[C@@H]2CC[C@H](N)CN(C3CCOCC3)C2)CC1. The van der Waals surface area contributed by atoms with Crippen molar-refractivity contribution in [3.8, 4) is 0 Å². The van der Waals surface area contributed by atoms with E-state index in [2.05, 4.69) is 45.9 Å². The summed E-state index contributed by atoms with van der Waals surface area (Å²) in [5.74, 6) is 0.414. The average molecular weight is 401 g/mol. The van der Waals surface area contributed by atoms with Crippen LogP contribution in [0.25, 0.3) is 0 Å². The first-order valence-electron chi connectivity index (χ1n) is 11.3. The molecule has 1 aromatic carbocycles. The minimum Gasteiger partial charge on any atom is -0.381 e. The lowest BCUT2D eigenvalue weighted by Gasteiger charge is -2.39. The van der Waals surface area contributed by atoms with Crippen LogP contribution in [0.2, 0.25) is 0 Å². The van der Waals surface area contributed by atoms with Gasteiger partial charge in [0.05, 0.1) is 5.92 Å². The molecule has 0 spiro atoms. The number of likely N-dealkylation sites (tertiary alicyclic amines) is 1. The molecule has 0 bridgehead atoms. The number of anilines is 1. The Bertz CT molecular complexity index is 683. The summed E-state index contributed by atoms with van der Waals surface area (Å²) in [5.41, 5.74) is 8.96. The molecule has 0 radical (unpaired) electrons. The highest BCUT2D eigenvalue weighted by Crippen LogP contribution is 2.25. The second-order valence-corrected chi connectivity index (χ2v) is 8.93. The van der Waals surface area contributed by atoms with E-state index in [1.54, 1.807) is 0 Å². The molecule has 2 N–H and O–H groups in total. The van der Waals surface area contributed by atoms with Gasteiger partial charge in [0.25, 0.3) is 0 Å². The second kappa shape index (κ2) is 9.45. The van der Waals surface area contributed by atoms with E-state index in [1.165, 1.54) is 11.3 Å². The van der Waals surface area contributed by atoms with Crippen LogP contribution in [0.3, 0.4) is 0 Å². The van der Waals surface area contributed by atoms with Gasteiger partial charge in [0.2, 0.25) is 5.91 Å². The van der Waals surface area contributed by atoms with E-state index >= 15 is 0 Å². The number of carbonyl (C=O) groups is 1. The maximum atomic E-state index is 13.4. The van der Waals surface area contributed by atoms with Gasteiger partial charge in [-0.15, -0.1) is 0 Å². The van der Waals surface area contributed by atoms with Crippen molar-refractivity contribution in [2.24, 2.45) is 11.7 Å². The Morgan fingerprint density at radius 1 is 1.00 bits per heavy atom. The molecule has 29 heavy (non-hydrogen) atoms. The number of aryl methyl sites for hydroxylation is 1. The maximum Gasteiger partial charge on any atom is 0.227 e. The number of piperazine rings is 1. The van der Waals surface area contributed by atoms with Crippen LogP contribution in [0, 0.1) is 12.8 Å². The first-order valence-corrected chi connectivity index (χ1v) is 11.3. The molecule has 0 aliphatic carbocycles. The van der Waals surface area contributed by atoms with Gasteiger partial charge in [-0.25, -0.2) is 0 Å². The van der Waals surface area contributed by atoms with Crippen molar-refractivity contribution in [1.29, 1.82) is 0 Å². The summed E-state index contributed by atoms with van der Waals surface area (Å²) in [7, 11) is 0. The third-order valence-corrected chi connectivity index (χ3v) is 6.91. The molecule has 3 aliphatic heterocycles. The Hall–Kier alpha value is -1.63. The van der Waals surface area contributed by atoms with Gasteiger partial charge in [0.15, 0.2) is 0 Å². The van der Waals surface area contributed by atoms with E-state index < -0.39 is 0 Å². The van der Waals surface area contributed by atoms with Crippen molar-refractivity contribution in [2.45, 2.75) is 44.7 Å². The first kappa shape index (κ1) is 20.6. The number of benzene rings is 1. The third kappa shape index (κ3) is 4.93. The van der Waals surface area contributed by atoms with Gasteiger partial charge < -0.3 is 20.3 Å². The molecule has 3 saturated heterocycles. The van der Waals surface area contributed by atoms with E-state index in [0.29, 0.717) is 11.9 Å². The molecule has 4 rings (SSSR count). The topological polar surface area (TPSA) is 62.0 Å². The Kier molecular flexibility index (Phi) is 6.73. The fraction of sp³-hybridized carbons (Fsp3) is 0.696. The summed E-state index contributed by atoms with van der Waals surface area (Å²) in [6.07, 6.45) is 3.97. The number of hydrogen-bond acceptors (Lipinski definition) is 5. The van der Waals surface area contributed by atoms with E-state index in [-0.39, 0.29) is 12.0 Å². The standard InChI is InChI=1S/C23H36N4O2/c1-18-4-2-3-5-22(18)25-10-12-26(13-11-25)23(28)19-6-7-20(24)17-27(16-19)21-8-14-29-15-9-21/h2-5,19-21H,6-17,24H2,1H3/t19-,20+/m1/s1. The molecule has 6 nitrogen and oxygen atoms in total. The van der Waals surface area contributed by atoms with Crippen LogP contribution in [0.1, 0.15) is 31.2 Å². The number of para-hydroxylation sites is 1. The average Bonchev–Trinajstić information content (AvgIpc) is 2.96. The van der Waals surface area contributed by atoms with Gasteiger partial charge in [-0.2, -0.15) is 0 Å². The second-order valence-electron chi connectivity index (χ2n) is 8.93. The summed E-state index contributed by atoms with van der Waals surface area (Å²) >= 11 is 0. The Labute approximate surface area is 175 Å². The van der Waals surface area contributed by atoms with Crippen molar-refractivity contribution in [1.82, 2.24) is 9.80 Å². The number of ether oxygens (including phenoxy) is 1. The van der Waals surface area contributed by atoms with Crippen LogP contribution in [-0.4, -0.2) is 80.3 Å². The molecule has 3 fully saturated rings. The zero-order valence-corrected chi connectivity index (χ0v) is 17.8. The molecule has 3 heterocycles. The van der Waals surface area contributed by atoms with E-state index in [4.69, 9.17) is 10.5 Å². The lowest BCUT2D eigenvalue weighted by Crippen LogP contribution is -2.52. The Morgan fingerprint density at radius 3 is 2.45 bits per heavy atom. The van der Waals surface area contributed by atoms with Crippen LogP contribution in [0.4, 0.5) is 5.69 Å². The van der Waals surface area contributed by atoms with Gasteiger partial charge in [-0.3, -0.25) is 9.69 Å². The summed E-state index contributed by atoms with van der Waals surface area (Å²) in [5, 5.41) is 0. The number of nitrogens with zero attached hydrogens (tertiary/aromatic N) is 3. The van der Waals surface area contributed by atoms with Crippen molar-refractivity contribution in [2.75, 3.05) is 57.4 Å². The number of hydrogen-bond donors (Lipinski definition) is 1. The molecule has 1 aromatic rings. The van der Waals surface area contributed by atoms with E-state index in [1.807, 2.05) is 0 Å². The predicted molar refractivity (Wildman–Crippen MR) is 116 cm³/mol. The third-order valence-electron chi connectivity index (χ3n) is 6.91. The van der Waals surface area contributed by atoms with Gasteiger partial charge in [-0.05, 0) is 44.2 Å². The van der Waals surface area contributed by atoms with Crippen molar-refractivity contribution in [3.63, 3.8) is 0 Å². The highest BCUT2D eigenvalue weighted by molar-refractivity contribution is 5.79. The van der Waals surface area contributed by atoms with Crippen LogP contribution in [-0.2, 0) is 9.53 Å². The fourth-order valence-corrected chi connectivity index (χ4v) is 5.15. The highest BCUT2D eigenvalue weighted by atomic mass is 16.5. The van der Waals surface area contributed by atoms with Gasteiger partial charge in [0.1, 0.15) is 0 Å². The fourth-order valence-electron chi connectivity index (χ4n) is 5.15. The molecular weight excluding hydrogens is 364 g/mol. The Balaban J connectivity index is 1.36. The van der Waals surface area contributed by atoms with E-state index in [0.717, 1.165) is 78.2 Å². The quantitative estimate of drug-likeness (QED) is 0.839. The van der Waals surface area contributed by atoms with Gasteiger partial charge >= 0.3 is 0 Å². The summed E-state index contributed by atoms with van der Waals surface area (Å²) in [6, 6.07) is 9.21. The lowest BCUT2D eigenvalue weighted by atomic mass is 9.99. The molecule has 6 heteroatoms. The number of nitrogens with two attached hydrogens (primary N) is 1. The predicted octanol–water partition coefficient (Wildman–Crippen LogP) is 1.86. The van der Waals surface area contributed by atoms with Gasteiger partial charge in [-0.1, -0.05) is 18.2 Å². The molecule has 0 aromatic heterocycles. The largest absolute Gasteiger partial charge is 0.381 e. The van der Waals surface area contributed by atoms with Crippen molar-refractivity contribution < 1.29 is 9.53 Å². The zero-order valence-electron chi connectivity index (χ0n) is 17.8. The van der Waals surface area contributed by atoms with E-state index in [9.17, 15) is 4.79 Å². The van der Waals surface area contributed by atoms with Crippen LogP contribution < -0.4 is 10.6 Å². The number of rotatable bonds is 3. The highest BCUT2D eigenvalue weighted by Gasteiger charge is 2.34. The molecule has 0 saturated carbocycles. The molecule has 2 atom stereocenters. The maximum absolute atomic E-state index is 13.4. The summed E-state index contributed by atoms with van der Waals surface area (Å²) in [6.45, 7) is 9.03. The van der Waals surface area contributed by atoms with Crippen LogP contribution >= 0.6 is 0 Å². The smallest absolute Gasteiger partial charge is 0.227 e. The molecule has 0 unspecified atom stereocenters. The summed E-state index contributed by atoms with van der Waals surface area (Å²) < 4.78 is 5.54. The minimum absolute atomic E-state index is 0.0800. The minimum atomic E-state index is 0.0800. The lowest BCUT2D eigenvalue weighted by molar-refractivity contribution is -0.136. The summed E-state index contributed by atoms with van der Waals surface area (Å²) in [4.78, 5) is 20.4. The molecule has 3 aliphatic rings. The number of carbonyl (C=O) groups excluding carboxylic acids is 1. The van der Waals surface area contributed by atoms with Crippen LogP contribution in [0.15, 0.2) is 24.3 Å². The first-order chi connectivity index (χ1) is 14.1. The zero-order chi connectivity index (χ0) is 20.2. The normalized spacial score (nSPS) is 27.7. The van der Waals surface area contributed by atoms with Crippen LogP contribution in [0.5, 0.6) is 0 Å². The van der Waals surface area contributed by atoms with Crippen molar-refractivity contribution >= 4 is 11.6 Å². The molecule has 160 valence electrons. The van der Waals surface area contributed by atoms with Gasteiger partial charge in [0, 0.05) is 70.3 Å². The Morgan fingerprint density at radius 2 is 1.72 bits per heavy atom. The molecular formula is C23H36N4O2. The molecule has 1 amide bonds. The number of amides is 1. The van der Waals surface area contributed by atoms with Crippen molar-refractivity contribution in [3.05, 3.63) is 29.8 Å². The monoisotopic (exact) mass is 400 g/mol.